The molecule has 1 saturated carbocycles. The highest BCUT2D eigenvalue weighted by Crippen LogP contribution is 2.38. The predicted octanol–water partition coefficient (Wildman–Crippen LogP) is 4.70. The molecule has 0 aliphatic heterocycles. The molecule has 1 aliphatic carbocycles. The van der Waals surface area contributed by atoms with Gasteiger partial charge in [-0.25, -0.2) is 0 Å². The van der Waals surface area contributed by atoms with Crippen LogP contribution in [0.1, 0.15) is 32.3 Å². The van der Waals surface area contributed by atoms with Crippen LogP contribution in [0.15, 0.2) is 42.5 Å². The molecule has 0 spiro atoms. The third-order valence-corrected chi connectivity index (χ3v) is 5.53. The van der Waals surface area contributed by atoms with Crippen LogP contribution in [0.5, 0.6) is 5.75 Å². The average Bonchev–Trinajstić information content (AvgIpc) is 2.74. The fourth-order valence-electron chi connectivity index (χ4n) is 3.86. The first-order chi connectivity index (χ1) is 15.0. The molecule has 1 aromatic heterocycles. The Morgan fingerprint density at radius 3 is 2.68 bits per heavy atom. The van der Waals surface area contributed by atoms with Crippen molar-refractivity contribution in [3.63, 3.8) is 0 Å². The van der Waals surface area contributed by atoms with Gasteiger partial charge in [0, 0.05) is 50.5 Å². The Bertz CT molecular complexity index is 1150. The highest BCUT2D eigenvalue weighted by molar-refractivity contribution is 9.12. The minimum atomic E-state index is -0.604. The van der Waals surface area contributed by atoms with Gasteiger partial charge in [0.25, 0.3) is 0 Å². The van der Waals surface area contributed by atoms with Gasteiger partial charge in [0.1, 0.15) is 11.4 Å². The first-order valence-electron chi connectivity index (χ1n) is 10.2. The van der Waals surface area contributed by atoms with Crippen LogP contribution in [0.2, 0.25) is 0 Å². The topological polar surface area (TPSA) is 76.5 Å². The van der Waals surface area contributed by atoms with Crippen molar-refractivity contribution in [3.05, 3.63) is 48.0 Å². The zero-order valence-electron chi connectivity index (χ0n) is 17.5. The Morgan fingerprint density at radius 2 is 1.97 bits per heavy atom. The quantitative estimate of drug-likeness (QED) is 0.289. The fourth-order valence-corrected chi connectivity index (χ4v) is 4.09. The second kappa shape index (κ2) is 9.23. The van der Waals surface area contributed by atoms with Crippen LogP contribution in [0.25, 0.3) is 22.0 Å². The Labute approximate surface area is 190 Å². The summed E-state index contributed by atoms with van der Waals surface area (Å²) in [5.74, 6) is 4.34. The third-order valence-electron chi connectivity index (χ3n) is 5.33. The molecular weight excluding hydrogens is 458 g/mol. The lowest BCUT2D eigenvalue weighted by Gasteiger charge is -2.41. The lowest BCUT2D eigenvalue weighted by molar-refractivity contribution is -0.0235. The molecule has 0 amide bonds. The van der Waals surface area contributed by atoms with Crippen LogP contribution in [0.3, 0.4) is 0 Å². The maximum atomic E-state index is 10.0. The number of aliphatic hydroxyl groups is 1. The number of nitrogens with zero attached hydrogens (tertiary/aromatic N) is 2. The van der Waals surface area contributed by atoms with Gasteiger partial charge < -0.3 is 19.9 Å². The lowest BCUT2D eigenvalue weighted by Crippen LogP contribution is -2.48. The standard InChI is InChI=1S/C24H24BrN3O3/c1-3-30-15-31-21-12-16(10-11-25)8-9-20(21)22-18-6-4-5-7-19(18)23(28-27-22)26-17-13-24(2,29)14-17/h4-9,12,17,29H,3,13-15H2,1-2H3,(H,26,28). The minimum Gasteiger partial charge on any atom is -0.467 e. The maximum Gasteiger partial charge on any atom is 0.189 e. The molecule has 6 nitrogen and oxygen atoms in total. The molecule has 0 bridgehead atoms. The number of ether oxygens (including phenoxy) is 2. The molecule has 0 unspecified atom stereocenters. The zero-order chi connectivity index (χ0) is 21.8. The zero-order valence-corrected chi connectivity index (χ0v) is 19.1. The average molecular weight is 482 g/mol. The molecule has 1 fully saturated rings. The van der Waals surface area contributed by atoms with Crippen molar-refractivity contribution in [2.45, 2.75) is 38.3 Å². The minimum absolute atomic E-state index is 0.140. The summed E-state index contributed by atoms with van der Waals surface area (Å²) < 4.78 is 11.3. The van der Waals surface area contributed by atoms with Crippen LogP contribution in [-0.2, 0) is 4.74 Å². The fraction of sp³-hybridized carbons (Fsp3) is 0.333. The van der Waals surface area contributed by atoms with Gasteiger partial charge in [0.05, 0.1) is 5.60 Å². The first-order valence-corrected chi connectivity index (χ1v) is 11.0. The molecule has 0 radical (unpaired) electrons. The Balaban J connectivity index is 1.74. The van der Waals surface area contributed by atoms with Crippen LogP contribution in [-0.4, -0.2) is 40.3 Å². The van der Waals surface area contributed by atoms with Crippen LogP contribution in [0, 0.1) is 10.8 Å². The van der Waals surface area contributed by atoms with Gasteiger partial charge in [-0.3, -0.25) is 0 Å². The highest BCUT2D eigenvalue weighted by atomic mass is 79.9. The predicted molar refractivity (Wildman–Crippen MR) is 125 cm³/mol. The summed E-state index contributed by atoms with van der Waals surface area (Å²) in [6.07, 6.45) is 1.38. The summed E-state index contributed by atoms with van der Waals surface area (Å²) >= 11 is 3.14. The molecule has 2 aromatic carbocycles. The summed E-state index contributed by atoms with van der Waals surface area (Å²) in [7, 11) is 0. The molecule has 0 atom stereocenters. The lowest BCUT2D eigenvalue weighted by atomic mass is 9.77. The van der Waals surface area contributed by atoms with Gasteiger partial charge in [0.15, 0.2) is 12.6 Å². The molecule has 1 aliphatic rings. The maximum absolute atomic E-state index is 10.0. The van der Waals surface area contributed by atoms with Gasteiger partial charge in [0.2, 0.25) is 0 Å². The number of benzene rings is 2. The summed E-state index contributed by atoms with van der Waals surface area (Å²) in [6, 6.07) is 14.0. The monoisotopic (exact) mass is 481 g/mol. The van der Waals surface area contributed by atoms with Gasteiger partial charge in [-0.05, 0) is 49.7 Å². The van der Waals surface area contributed by atoms with E-state index < -0.39 is 5.60 Å². The van der Waals surface area contributed by atoms with Gasteiger partial charge >= 0.3 is 0 Å². The van der Waals surface area contributed by atoms with Crippen molar-refractivity contribution in [3.8, 4) is 27.8 Å². The number of hydrogen-bond acceptors (Lipinski definition) is 6. The second-order valence-electron chi connectivity index (χ2n) is 7.87. The summed E-state index contributed by atoms with van der Waals surface area (Å²) in [4.78, 5) is 2.73. The van der Waals surface area contributed by atoms with Crippen LogP contribution >= 0.6 is 15.9 Å². The smallest absolute Gasteiger partial charge is 0.189 e. The second-order valence-corrected chi connectivity index (χ2v) is 8.27. The number of fused-ring (bicyclic) bond motifs is 1. The van der Waals surface area contributed by atoms with Crippen LogP contribution < -0.4 is 10.1 Å². The number of anilines is 1. The molecule has 2 N–H and O–H groups in total. The molecule has 0 saturated heterocycles. The Kier molecular flexibility index (Phi) is 6.42. The third kappa shape index (κ3) is 4.82. The number of rotatable bonds is 7. The van der Waals surface area contributed by atoms with Gasteiger partial charge in [-0.15, -0.1) is 10.2 Å². The van der Waals surface area contributed by atoms with E-state index in [1.807, 2.05) is 56.3 Å². The normalized spacial score (nSPS) is 19.9. The van der Waals surface area contributed by atoms with Crippen molar-refractivity contribution in [1.82, 2.24) is 10.2 Å². The summed E-state index contributed by atoms with van der Waals surface area (Å²) in [5, 5.41) is 24.4. The molecule has 160 valence electrons. The van der Waals surface area contributed by atoms with E-state index in [1.165, 1.54) is 0 Å². The molecule has 4 rings (SSSR count). The number of halogens is 1. The summed E-state index contributed by atoms with van der Waals surface area (Å²) in [5.41, 5.74) is 1.76. The van der Waals surface area contributed by atoms with E-state index in [9.17, 15) is 5.11 Å². The van der Waals surface area contributed by atoms with E-state index in [1.54, 1.807) is 0 Å². The molecular formula is C24H24BrN3O3. The van der Waals surface area contributed by atoms with E-state index in [4.69, 9.17) is 9.47 Å². The Hall–Kier alpha value is -2.66. The van der Waals surface area contributed by atoms with E-state index in [0.717, 1.165) is 33.4 Å². The molecule has 31 heavy (non-hydrogen) atoms. The Morgan fingerprint density at radius 1 is 1.19 bits per heavy atom. The summed E-state index contributed by atoms with van der Waals surface area (Å²) in [6.45, 7) is 4.48. The molecule has 7 heteroatoms. The van der Waals surface area contributed by atoms with Gasteiger partial charge in [-0.1, -0.05) is 30.2 Å². The molecule has 1 heterocycles. The largest absolute Gasteiger partial charge is 0.467 e. The first kappa shape index (κ1) is 21.6. The number of hydrogen-bond donors (Lipinski definition) is 2. The van der Waals surface area contributed by atoms with Crippen molar-refractivity contribution in [2.75, 3.05) is 18.7 Å². The van der Waals surface area contributed by atoms with E-state index in [-0.39, 0.29) is 12.8 Å². The van der Waals surface area contributed by atoms with E-state index >= 15 is 0 Å². The SMILES string of the molecule is CCOCOc1cc(C#CBr)ccc1-c1nnc(NC2CC(C)(O)C2)c2ccccc12. The number of nitrogens with one attached hydrogen (secondary N) is 1. The van der Waals surface area contributed by atoms with Crippen molar-refractivity contribution in [1.29, 1.82) is 0 Å². The molecule has 3 aromatic rings. The van der Waals surface area contributed by atoms with Crippen molar-refractivity contribution < 1.29 is 14.6 Å². The van der Waals surface area contributed by atoms with E-state index in [2.05, 4.69) is 42.2 Å². The van der Waals surface area contributed by atoms with Crippen molar-refractivity contribution in [2.24, 2.45) is 0 Å². The number of aromatic nitrogens is 2. The van der Waals surface area contributed by atoms with E-state index in [0.29, 0.717) is 25.2 Å². The van der Waals surface area contributed by atoms with Crippen LogP contribution in [0.4, 0.5) is 5.82 Å². The highest BCUT2D eigenvalue weighted by Gasteiger charge is 2.38. The van der Waals surface area contributed by atoms with Gasteiger partial charge in [-0.2, -0.15) is 0 Å². The van der Waals surface area contributed by atoms with Crippen molar-refractivity contribution >= 4 is 32.5 Å².